The number of nitrogens with two attached hydrogens (primary N) is 1. The number of ketones is 1. The molecule has 2 N–H and O–H groups in total. The Kier molecular flexibility index (Phi) is 3.14. The first kappa shape index (κ1) is 13.0. The predicted molar refractivity (Wildman–Crippen MR) is 58.9 cm³/mol. The minimum absolute atomic E-state index is 0.0814. The van der Waals surface area contributed by atoms with Crippen molar-refractivity contribution in [1.29, 1.82) is 0 Å². The molecule has 1 aromatic rings. The molecule has 0 bridgehead atoms. The highest BCUT2D eigenvalue weighted by Gasteiger charge is 2.46. The molecule has 0 atom stereocenters. The Balaban J connectivity index is 2.43. The molecule has 0 spiro atoms. The molecule has 6 heteroatoms. The van der Waals surface area contributed by atoms with Crippen molar-refractivity contribution >= 4 is 5.78 Å². The predicted octanol–water partition coefficient (Wildman–Crippen LogP) is 2.41. The van der Waals surface area contributed by atoms with Crippen LogP contribution in [0.15, 0.2) is 18.5 Å². The molecule has 0 aromatic carbocycles. The summed E-state index contributed by atoms with van der Waals surface area (Å²) in [6.45, 7) is 0.0814. The lowest BCUT2D eigenvalue weighted by Gasteiger charge is -2.39. The van der Waals surface area contributed by atoms with Gasteiger partial charge in [0.25, 0.3) is 0 Å². The van der Waals surface area contributed by atoms with Gasteiger partial charge in [0.2, 0.25) is 0 Å². The minimum Gasteiger partial charge on any atom is -0.329 e. The smallest absolute Gasteiger partial charge is 0.329 e. The molecule has 1 aromatic heterocycles. The second kappa shape index (κ2) is 4.35. The third kappa shape index (κ3) is 2.01. The van der Waals surface area contributed by atoms with Crippen LogP contribution in [0.3, 0.4) is 0 Å². The minimum atomic E-state index is -4.55. The molecule has 1 aliphatic rings. The number of carbonyl (C=O) groups is 1. The van der Waals surface area contributed by atoms with Crippen molar-refractivity contribution in [3.05, 3.63) is 29.6 Å². The maximum Gasteiger partial charge on any atom is 0.417 e. The Hall–Kier alpha value is -1.43. The van der Waals surface area contributed by atoms with E-state index in [1.54, 1.807) is 0 Å². The first-order valence-corrected chi connectivity index (χ1v) is 5.67. The van der Waals surface area contributed by atoms with Crippen LogP contribution in [-0.2, 0) is 6.18 Å². The quantitative estimate of drug-likeness (QED) is 0.847. The number of alkyl halides is 3. The van der Waals surface area contributed by atoms with Gasteiger partial charge in [-0.25, -0.2) is 0 Å². The molecular weight excluding hydrogens is 245 g/mol. The first-order valence-electron chi connectivity index (χ1n) is 5.67. The molecular formula is C12H13F3N2O. The zero-order valence-electron chi connectivity index (χ0n) is 9.63. The van der Waals surface area contributed by atoms with Crippen LogP contribution in [0.5, 0.6) is 0 Å². The number of rotatable bonds is 3. The van der Waals surface area contributed by atoms with E-state index in [2.05, 4.69) is 4.98 Å². The highest BCUT2D eigenvalue weighted by atomic mass is 19.4. The Labute approximate surface area is 102 Å². The fourth-order valence-corrected chi connectivity index (χ4v) is 2.24. The van der Waals surface area contributed by atoms with Gasteiger partial charge in [-0.05, 0) is 18.9 Å². The summed E-state index contributed by atoms with van der Waals surface area (Å²) in [6.07, 6.45) is -0.600. The summed E-state index contributed by atoms with van der Waals surface area (Å²) in [5, 5.41) is 0. The highest BCUT2D eigenvalue weighted by molar-refractivity contribution is 6.02. The van der Waals surface area contributed by atoms with E-state index in [9.17, 15) is 18.0 Å². The van der Waals surface area contributed by atoms with Gasteiger partial charge in [-0.1, -0.05) is 6.42 Å². The molecule has 1 aliphatic carbocycles. The number of aromatic nitrogens is 1. The number of hydrogen-bond acceptors (Lipinski definition) is 3. The van der Waals surface area contributed by atoms with Crippen molar-refractivity contribution in [3.8, 4) is 0 Å². The van der Waals surface area contributed by atoms with Crippen molar-refractivity contribution in [3.63, 3.8) is 0 Å². The number of nitrogens with zero attached hydrogens (tertiary/aromatic N) is 1. The van der Waals surface area contributed by atoms with Crippen LogP contribution >= 0.6 is 0 Å². The molecule has 2 rings (SSSR count). The van der Waals surface area contributed by atoms with Gasteiger partial charge < -0.3 is 5.73 Å². The molecule has 0 amide bonds. The zero-order chi connectivity index (χ0) is 13.4. The van der Waals surface area contributed by atoms with Crippen molar-refractivity contribution in [2.24, 2.45) is 11.1 Å². The van der Waals surface area contributed by atoms with E-state index in [0.29, 0.717) is 12.8 Å². The molecule has 1 saturated carbocycles. The second-order valence-corrected chi connectivity index (χ2v) is 4.59. The Bertz CT molecular complexity index is 461. The van der Waals surface area contributed by atoms with Gasteiger partial charge in [-0.15, -0.1) is 0 Å². The van der Waals surface area contributed by atoms with E-state index >= 15 is 0 Å². The van der Waals surface area contributed by atoms with Crippen LogP contribution in [-0.4, -0.2) is 17.3 Å². The van der Waals surface area contributed by atoms with Gasteiger partial charge >= 0.3 is 6.18 Å². The van der Waals surface area contributed by atoms with E-state index in [4.69, 9.17) is 5.73 Å². The van der Waals surface area contributed by atoms with Crippen molar-refractivity contribution in [2.75, 3.05) is 6.54 Å². The number of carbonyl (C=O) groups excluding carboxylic acids is 1. The number of hydrogen-bond donors (Lipinski definition) is 1. The van der Waals surface area contributed by atoms with E-state index in [1.807, 2.05) is 0 Å². The van der Waals surface area contributed by atoms with E-state index in [1.165, 1.54) is 0 Å². The van der Waals surface area contributed by atoms with Crippen LogP contribution in [0.2, 0.25) is 0 Å². The fraction of sp³-hybridized carbons (Fsp3) is 0.500. The van der Waals surface area contributed by atoms with Gasteiger partial charge in [0.15, 0.2) is 5.78 Å². The maximum atomic E-state index is 12.8. The topological polar surface area (TPSA) is 56.0 Å². The van der Waals surface area contributed by atoms with Crippen LogP contribution in [0.1, 0.15) is 35.2 Å². The van der Waals surface area contributed by atoms with E-state index in [0.717, 1.165) is 24.9 Å². The van der Waals surface area contributed by atoms with Crippen molar-refractivity contribution < 1.29 is 18.0 Å². The third-order valence-electron chi connectivity index (χ3n) is 3.55. The van der Waals surface area contributed by atoms with Crippen LogP contribution < -0.4 is 5.73 Å². The van der Waals surface area contributed by atoms with Crippen LogP contribution in [0.4, 0.5) is 13.2 Å². The number of Topliss-reactive ketones (excluding diaryl/α,β-unsaturated/α-hetero) is 1. The van der Waals surface area contributed by atoms with Crippen molar-refractivity contribution in [2.45, 2.75) is 25.4 Å². The molecule has 0 radical (unpaired) electrons. The van der Waals surface area contributed by atoms with Crippen molar-refractivity contribution in [1.82, 2.24) is 4.98 Å². The maximum absolute atomic E-state index is 12.8. The standard InChI is InChI=1S/C12H13F3N2O/c13-12(14,15)9-2-5-17-6-8(9)10(18)11(7-16)3-1-4-11/h2,5-6H,1,3-4,7,16H2. The summed E-state index contributed by atoms with van der Waals surface area (Å²) in [4.78, 5) is 15.9. The SMILES string of the molecule is NCC1(C(=O)c2cnccc2C(F)(F)F)CCC1. The van der Waals surface area contributed by atoms with E-state index in [-0.39, 0.29) is 12.1 Å². The lowest BCUT2D eigenvalue weighted by Crippen LogP contribution is -2.45. The summed E-state index contributed by atoms with van der Waals surface area (Å²) in [5.41, 5.74) is 3.43. The molecule has 1 fully saturated rings. The Morgan fingerprint density at radius 1 is 1.44 bits per heavy atom. The first-order chi connectivity index (χ1) is 8.41. The average Bonchev–Trinajstić information content (AvgIpc) is 2.27. The summed E-state index contributed by atoms with van der Waals surface area (Å²) in [5.74, 6) is -0.531. The molecule has 98 valence electrons. The zero-order valence-corrected chi connectivity index (χ0v) is 9.63. The summed E-state index contributed by atoms with van der Waals surface area (Å²) in [7, 11) is 0. The molecule has 3 nitrogen and oxygen atoms in total. The largest absolute Gasteiger partial charge is 0.417 e. The second-order valence-electron chi connectivity index (χ2n) is 4.59. The number of pyridine rings is 1. The summed E-state index contributed by atoms with van der Waals surface area (Å²) in [6, 6.07) is 0.829. The van der Waals surface area contributed by atoms with Gasteiger partial charge in [0.05, 0.1) is 5.56 Å². The Morgan fingerprint density at radius 2 is 2.11 bits per heavy atom. The monoisotopic (exact) mass is 258 g/mol. The van der Waals surface area contributed by atoms with Crippen LogP contribution in [0, 0.1) is 5.41 Å². The number of halogens is 3. The lowest BCUT2D eigenvalue weighted by molar-refractivity contribution is -0.138. The van der Waals surface area contributed by atoms with Gasteiger partial charge in [-0.3, -0.25) is 9.78 Å². The van der Waals surface area contributed by atoms with Crippen LogP contribution in [0.25, 0.3) is 0 Å². The summed E-state index contributed by atoms with van der Waals surface area (Å²) < 4.78 is 38.4. The highest BCUT2D eigenvalue weighted by Crippen LogP contribution is 2.44. The lowest BCUT2D eigenvalue weighted by atomic mass is 9.64. The normalized spacial score (nSPS) is 18.2. The van der Waals surface area contributed by atoms with E-state index < -0.39 is 22.9 Å². The third-order valence-corrected chi connectivity index (χ3v) is 3.55. The molecule has 0 saturated heterocycles. The Morgan fingerprint density at radius 3 is 2.56 bits per heavy atom. The molecule has 0 aliphatic heterocycles. The average molecular weight is 258 g/mol. The fourth-order valence-electron chi connectivity index (χ4n) is 2.24. The van der Waals surface area contributed by atoms with Gasteiger partial charge in [-0.2, -0.15) is 13.2 Å². The summed E-state index contributed by atoms with van der Waals surface area (Å²) >= 11 is 0. The van der Waals surface area contributed by atoms with Gasteiger partial charge in [0.1, 0.15) is 0 Å². The molecule has 18 heavy (non-hydrogen) atoms. The molecule has 1 heterocycles. The molecule has 0 unspecified atom stereocenters. The van der Waals surface area contributed by atoms with Gasteiger partial charge in [0, 0.05) is 29.9 Å².